The van der Waals surface area contributed by atoms with Gasteiger partial charge >= 0.3 is 0 Å². The monoisotopic (exact) mass is 739 g/mol. The third-order valence-electron chi connectivity index (χ3n) is 12.5. The van der Waals surface area contributed by atoms with E-state index in [1.54, 1.807) is 0 Å². The van der Waals surface area contributed by atoms with Crippen molar-refractivity contribution in [3.63, 3.8) is 0 Å². The summed E-state index contributed by atoms with van der Waals surface area (Å²) < 4.78 is 18.8. The van der Waals surface area contributed by atoms with Gasteiger partial charge in [-0.2, -0.15) is 0 Å². The molecule has 0 aromatic heterocycles. The Kier molecular flexibility index (Phi) is 28.1. The Labute approximate surface area is 331 Å². The van der Waals surface area contributed by atoms with Gasteiger partial charge in [0.25, 0.3) is 0 Å². The molecule has 0 aliphatic carbocycles. The molecule has 0 spiro atoms. The van der Waals surface area contributed by atoms with E-state index in [0.29, 0.717) is 37.6 Å². The van der Waals surface area contributed by atoms with Crippen molar-refractivity contribution in [3.8, 4) is 0 Å². The van der Waals surface area contributed by atoms with E-state index in [0.717, 1.165) is 55.6 Å². The maximum absolute atomic E-state index is 6.42. The summed E-state index contributed by atoms with van der Waals surface area (Å²) in [6, 6.07) is 10.5. The summed E-state index contributed by atoms with van der Waals surface area (Å²) in [7, 11) is 0. The fourth-order valence-electron chi connectivity index (χ4n) is 8.24. The van der Waals surface area contributed by atoms with Crippen LogP contribution in [0, 0.1) is 47.3 Å². The van der Waals surface area contributed by atoms with Crippen LogP contribution in [0.1, 0.15) is 189 Å². The number of rotatable bonds is 4. The first-order valence-electron chi connectivity index (χ1n) is 23.1. The molecule has 0 amide bonds. The lowest BCUT2D eigenvalue weighted by atomic mass is 9.90. The van der Waals surface area contributed by atoms with Crippen molar-refractivity contribution in [2.24, 2.45) is 47.3 Å². The van der Waals surface area contributed by atoms with Gasteiger partial charge in [-0.1, -0.05) is 201 Å². The van der Waals surface area contributed by atoms with Crippen LogP contribution < -0.4 is 0 Å². The number of allylic oxidation sites excluding steroid dienone is 2. The first-order chi connectivity index (χ1) is 25.6. The lowest BCUT2D eigenvalue weighted by molar-refractivity contribution is -0.0670. The molecule has 1 heterocycles. The van der Waals surface area contributed by atoms with E-state index in [2.05, 4.69) is 97.9 Å². The highest BCUT2D eigenvalue weighted by molar-refractivity contribution is 5.13. The predicted molar refractivity (Wildman–Crippen MR) is 231 cm³/mol. The van der Waals surface area contributed by atoms with Crippen LogP contribution in [0.15, 0.2) is 42.5 Å². The first kappa shape index (κ1) is 48.0. The Morgan fingerprint density at radius 2 is 0.849 bits per heavy atom. The maximum Gasteiger partial charge on any atom is 0.104 e. The molecule has 1 aliphatic rings. The molecular formula is C50H90O3. The molecule has 0 radical (unpaired) electrons. The van der Waals surface area contributed by atoms with Crippen LogP contribution in [0.2, 0.25) is 0 Å². The summed E-state index contributed by atoms with van der Waals surface area (Å²) in [4.78, 5) is 0. The third-order valence-corrected chi connectivity index (χ3v) is 12.5. The highest BCUT2D eigenvalue weighted by Crippen LogP contribution is 2.25. The van der Waals surface area contributed by atoms with E-state index in [-0.39, 0.29) is 6.10 Å². The molecule has 53 heavy (non-hydrogen) atoms. The van der Waals surface area contributed by atoms with E-state index >= 15 is 0 Å². The van der Waals surface area contributed by atoms with Crippen molar-refractivity contribution in [2.75, 3.05) is 26.4 Å². The molecule has 3 nitrogen and oxygen atoms in total. The predicted octanol–water partition coefficient (Wildman–Crippen LogP) is 15.1. The Balaban J connectivity index is 1.83. The van der Waals surface area contributed by atoms with Crippen LogP contribution in [-0.2, 0) is 20.8 Å². The lowest BCUT2D eigenvalue weighted by Crippen LogP contribution is -2.27. The quantitative estimate of drug-likeness (QED) is 0.288. The van der Waals surface area contributed by atoms with Gasteiger partial charge in [0.2, 0.25) is 0 Å². The van der Waals surface area contributed by atoms with Gasteiger partial charge < -0.3 is 14.2 Å². The van der Waals surface area contributed by atoms with E-state index in [9.17, 15) is 0 Å². The molecular weight excluding hydrogens is 649 g/mol. The van der Waals surface area contributed by atoms with Crippen LogP contribution in [0.3, 0.4) is 0 Å². The standard InChI is InChI=1S/C50H90O3/c1-41-18-12-20-43(3)24-16-28-47(7)34-36-51-39-50(40-52-38-49-30-10-9-11-31-49)53-37-35-48(8)29-17-25-44(4)21-13-19-42(2)23-15-27-46(6)33-32-45(5)26-14-22-41/h9-11,30-33,41-48,50H,12-29,34-40H2,1-8H3/b33-32-/t41-,42-,43+,44+,45-,46-,47+,48+,50-/m0/s1. The van der Waals surface area contributed by atoms with Gasteiger partial charge in [-0.25, -0.2) is 0 Å². The topological polar surface area (TPSA) is 27.7 Å². The number of ether oxygens (including phenoxy) is 3. The van der Waals surface area contributed by atoms with Crippen molar-refractivity contribution < 1.29 is 14.2 Å². The minimum Gasteiger partial charge on any atom is -0.379 e. The summed E-state index contributed by atoms with van der Waals surface area (Å²) in [5.41, 5.74) is 1.21. The fraction of sp³-hybridized carbons (Fsp3) is 0.840. The number of hydrogen-bond acceptors (Lipinski definition) is 3. The largest absolute Gasteiger partial charge is 0.379 e. The number of benzene rings is 1. The second kappa shape index (κ2) is 31.0. The Hall–Kier alpha value is -1.16. The molecule has 0 unspecified atom stereocenters. The molecule has 2 rings (SSSR count). The molecule has 3 heteroatoms. The SMILES string of the molecule is C[C@@H]1CCC[C@H](C)CCC[C@H](C)/C=C\[C@@H](C)CCC[C@@H](C)CCC[C@@H](C)CCC[C@@H](C)CCO[C@H](COCc2ccccc2)COCC[C@H](C)CCC1. The average Bonchev–Trinajstić information content (AvgIpc) is 3.12. The molecule has 1 aromatic carbocycles. The Morgan fingerprint density at radius 3 is 1.28 bits per heavy atom. The Morgan fingerprint density at radius 1 is 0.472 bits per heavy atom. The van der Waals surface area contributed by atoms with Gasteiger partial charge in [0.1, 0.15) is 6.10 Å². The van der Waals surface area contributed by atoms with E-state index < -0.39 is 0 Å². The molecule has 308 valence electrons. The van der Waals surface area contributed by atoms with Gasteiger partial charge in [0, 0.05) is 13.2 Å². The molecule has 1 aromatic rings. The molecule has 0 N–H and O–H groups in total. The highest BCUT2D eigenvalue weighted by atomic mass is 16.6. The zero-order valence-corrected chi connectivity index (χ0v) is 36.6. The average molecular weight is 739 g/mol. The summed E-state index contributed by atoms with van der Waals surface area (Å²) in [5.74, 6) is 6.25. The second-order valence-electron chi connectivity index (χ2n) is 18.7. The van der Waals surface area contributed by atoms with Crippen LogP contribution in [0.25, 0.3) is 0 Å². The van der Waals surface area contributed by atoms with Gasteiger partial charge in [-0.15, -0.1) is 0 Å². The molecule has 0 fully saturated rings. The smallest absolute Gasteiger partial charge is 0.104 e. The molecule has 0 bridgehead atoms. The lowest BCUT2D eigenvalue weighted by Gasteiger charge is -2.21. The van der Waals surface area contributed by atoms with Gasteiger partial charge in [0.05, 0.1) is 19.8 Å². The van der Waals surface area contributed by atoms with Crippen molar-refractivity contribution in [2.45, 2.75) is 197 Å². The van der Waals surface area contributed by atoms with Gasteiger partial charge in [-0.3, -0.25) is 0 Å². The highest BCUT2D eigenvalue weighted by Gasteiger charge is 2.14. The van der Waals surface area contributed by atoms with Crippen LogP contribution in [0.5, 0.6) is 0 Å². The molecule has 0 saturated carbocycles. The Bertz CT molecular complexity index is 976. The minimum atomic E-state index is -0.00669. The third kappa shape index (κ3) is 27.1. The summed E-state index contributed by atoms with van der Waals surface area (Å²) >= 11 is 0. The van der Waals surface area contributed by atoms with Gasteiger partial charge in [-0.05, 0) is 78.6 Å². The molecule has 1 aliphatic heterocycles. The zero-order valence-electron chi connectivity index (χ0n) is 36.6. The minimum absolute atomic E-state index is 0.00669. The zero-order chi connectivity index (χ0) is 38.5. The summed E-state index contributed by atoms with van der Waals surface area (Å²) in [6.45, 7) is 23.0. The van der Waals surface area contributed by atoms with E-state index in [1.165, 1.54) is 121 Å². The number of hydrogen-bond donors (Lipinski definition) is 0. The van der Waals surface area contributed by atoms with Crippen LogP contribution in [-0.4, -0.2) is 32.5 Å². The van der Waals surface area contributed by atoms with E-state index in [4.69, 9.17) is 14.2 Å². The van der Waals surface area contributed by atoms with Crippen molar-refractivity contribution in [3.05, 3.63) is 48.0 Å². The molecule has 0 saturated heterocycles. The van der Waals surface area contributed by atoms with Gasteiger partial charge in [0.15, 0.2) is 0 Å². The normalized spacial score (nSPS) is 33.1. The van der Waals surface area contributed by atoms with Crippen LogP contribution in [0.4, 0.5) is 0 Å². The van der Waals surface area contributed by atoms with Crippen molar-refractivity contribution in [1.29, 1.82) is 0 Å². The van der Waals surface area contributed by atoms with E-state index in [1.807, 2.05) is 0 Å². The maximum atomic E-state index is 6.42. The summed E-state index contributed by atoms with van der Waals surface area (Å²) in [5, 5.41) is 0. The van der Waals surface area contributed by atoms with Crippen LogP contribution >= 0.6 is 0 Å². The molecule has 9 atom stereocenters. The second-order valence-corrected chi connectivity index (χ2v) is 18.7. The van der Waals surface area contributed by atoms with Crippen molar-refractivity contribution in [1.82, 2.24) is 0 Å². The fourth-order valence-corrected chi connectivity index (χ4v) is 8.24. The summed E-state index contributed by atoms with van der Waals surface area (Å²) in [6.07, 6.45) is 31.9. The first-order valence-corrected chi connectivity index (χ1v) is 23.1. The van der Waals surface area contributed by atoms with Crippen molar-refractivity contribution >= 4 is 0 Å².